The maximum Gasteiger partial charge on any atom is 0.226 e. The summed E-state index contributed by atoms with van der Waals surface area (Å²) in [4.78, 5) is 12.9. The highest BCUT2D eigenvalue weighted by molar-refractivity contribution is 7.89. The zero-order valence-corrected chi connectivity index (χ0v) is 20.1. The van der Waals surface area contributed by atoms with Gasteiger partial charge in [-0.2, -0.15) is 4.31 Å². The van der Waals surface area contributed by atoms with Crippen LogP contribution < -0.4 is 5.32 Å². The molecule has 4 fully saturated rings. The molecule has 1 saturated heterocycles. The van der Waals surface area contributed by atoms with E-state index < -0.39 is 27.4 Å². The van der Waals surface area contributed by atoms with Crippen molar-refractivity contribution in [3.05, 3.63) is 0 Å². The quantitative estimate of drug-likeness (QED) is 0.603. The van der Waals surface area contributed by atoms with Crippen LogP contribution in [0.25, 0.3) is 0 Å². The van der Waals surface area contributed by atoms with Gasteiger partial charge in [0, 0.05) is 23.3 Å². The fourth-order valence-electron chi connectivity index (χ4n) is 5.75. The number of hydrogen-bond acceptors (Lipinski definition) is 4. The van der Waals surface area contributed by atoms with Gasteiger partial charge >= 0.3 is 0 Å². The number of rotatable bonds is 4. The van der Waals surface area contributed by atoms with Gasteiger partial charge in [-0.05, 0) is 57.8 Å². The van der Waals surface area contributed by atoms with Gasteiger partial charge < -0.3 is 10.1 Å². The van der Waals surface area contributed by atoms with E-state index in [0.29, 0.717) is 51.7 Å². The summed E-state index contributed by atoms with van der Waals surface area (Å²) in [5, 5.41) is 2.04. The van der Waals surface area contributed by atoms with Gasteiger partial charge in [0.05, 0.1) is 29.9 Å². The molecule has 0 aromatic rings. The number of halogens is 3. The lowest BCUT2D eigenvalue weighted by molar-refractivity contribution is -0.127. The zero-order valence-electron chi connectivity index (χ0n) is 17.7. The van der Waals surface area contributed by atoms with Gasteiger partial charge in [-0.1, -0.05) is 6.42 Å². The van der Waals surface area contributed by atoms with Crippen LogP contribution in [0.1, 0.15) is 64.2 Å². The Kier molecular flexibility index (Phi) is 7.74. The second kappa shape index (κ2) is 10.00. The molecule has 5 unspecified atom stereocenters. The normalized spacial score (nSPS) is 42.5. The van der Waals surface area contributed by atoms with Gasteiger partial charge in [0.25, 0.3) is 0 Å². The first-order valence-electron chi connectivity index (χ1n) is 11.6. The van der Waals surface area contributed by atoms with Crippen LogP contribution in [0.2, 0.25) is 0 Å². The second-order valence-electron chi connectivity index (χ2n) is 9.51. The summed E-state index contributed by atoms with van der Waals surface area (Å²) in [6.07, 6.45) is 4.72. The fourth-order valence-corrected chi connectivity index (χ4v) is 8.90. The standard InChI is InChI=1S/C21H33Cl2FN2O4S/c22-16-2-1-3-17(23)20(16)21(27)25-14-6-9-19-18(12-14)26(10-11-30-19)31(28,29)15-7-4-13(24)5-8-15/h13-20H,1-12H2,(H,25,27). The molecule has 3 aliphatic carbocycles. The minimum Gasteiger partial charge on any atom is -0.375 e. The van der Waals surface area contributed by atoms with Gasteiger partial charge in [0.15, 0.2) is 0 Å². The SMILES string of the molecule is O=C(NC1CCC2OCCN(S(=O)(=O)C3CCC(F)CC3)C2C1)C1C(Cl)CCCC1Cl. The first-order chi connectivity index (χ1) is 14.8. The molecule has 4 rings (SSSR count). The Morgan fingerprint density at radius 1 is 1.00 bits per heavy atom. The number of hydrogen-bond donors (Lipinski definition) is 1. The molecule has 0 bridgehead atoms. The summed E-state index contributed by atoms with van der Waals surface area (Å²) >= 11 is 12.8. The molecule has 0 aromatic heterocycles. The Labute approximate surface area is 194 Å². The molecule has 1 heterocycles. The number of amides is 1. The predicted octanol–water partition coefficient (Wildman–Crippen LogP) is 3.35. The average Bonchev–Trinajstić information content (AvgIpc) is 2.73. The number of ether oxygens (including phenoxy) is 1. The molecule has 0 radical (unpaired) electrons. The molecule has 4 aliphatic rings. The van der Waals surface area contributed by atoms with Crippen molar-refractivity contribution in [2.24, 2.45) is 5.92 Å². The number of nitrogens with one attached hydrogen (secondary N) is 1. The number of fused-ring (bicyclic) bond motifs is 1. The maximum atomic E-state index is 13.5. The third kappa shape index (κ3) is 5.18. The first kappa shape index (κ1) is 24.0. The molecule has 0 spiro atoms. The van der Waals surface area contributed by atoms with Crippen molar-refractivity contribution in [1.29, 1.82) is 0 Å². The summed E-state index contributed by atoms with van der Waals surface area (Å²) in [6.45, 7) is 0.690. The summed E-state index contributed by atoms with van der Waals surface area (Å²) in [7, 11) is -3.54. The van der Waals surface area contributed by atoms with Gasteiger partial charge in [0.2, 0.25) is 15.9 Å². The molecule has 31 heavy (non-hydrogen) atoms. The molecular weight excluding hydrogens is 466 g/mol. The Balaban J connectivity index is 1.43. The molecular formula is C21H33Cl2FN2O4S. The highest BCUT2D eigenvalue weighted by Gasteiger charge is 2.46. The monoisotopic (exact) mass is 498 g/mol. The van der Waals surface area contributed by atoms with E-state index in [2.05, 4.69) is 5.32 Å². The van der Waals surface area contributed by atoms with Crippen LogP contribution >= 0.6 is 23.2 Å². The Morgan fingerprint density at radius 2 is 1.68 bits per heavy atom. The lowest BCUT2D eigenvalue weighted by Crippen LogP contribution is -2.60. The molecule has 1 aliphatic heterocycles. The fraction of sp³-hybridized carbons (Fsp3) is 0.952. The number of carbonyl (C=O) groups is 1. The predicted molar refractivity (Wildman–Crippen MR) is 119 cm³/mol. The van der Waals surface area contributed by atoms with Crippen molar-refractivity contribution in [3.63, 3.8) is 0 Å². The topological polar surface area (TPSA) is 75.7 Å². The van der Waals surface area contributed by atoms with Crippen LogP contribution in [-0.4, -0.2) is 72.1 Å². The molecule has 6 nitrogen and oxygen atoms in total. The van der Waals surface area contributed by atoms with Crippen molar-refractivity contribution in [3.8, 4) is 0 Å². The smallest absolute Gasteiger partial charge is 0.226 e. The lowest BCUT2D eigenvalue weighted by Gasteiger charge is -2.46. The lowest BCUT2D eigenvalue weighted by atomic mass is 9.85. The molecule has 178 valence electrons. The summed E-state index contributed by atoms with van der Waals surface area (Å²) in [5.41, 5.74) is 0. The van der Waals surface area contributed by atoms with Crippen molar-refractivity contribution >= 4 is 39.1 Å². The summed E-state index contributed by atoms with van der Waals surface area (Å²) in [6, 6.07) is -0.435. The first-order valence-corrected chi connectivity index (χ1v) is 14.0. The highest BCUT2D eigenvalue weighted by atomic mass is 35.5. The van der Waals surface area contributed by atoms with E-state index in [1.807, 2.05) is 0 Å². The molecule has 1 N–H and O–H groups in total. The zero-order chi connectivity index (χ0) is 22.2. The Bertz CT molecular complexity index is 740. The molecule has 1 amide bonds. The molecule has 5 atom stereocenters. The minimum absolute atomic E-state index is 0.129. The molecule has 10 heteroatoms. The van der Waals surface area contributed by atoms with Crippen molar-refractivity contribution in [1.82, 2.24) is 9.62 Å². The van der Waals surface area contributed by atoms with E-state index in [0.717, 1.165) is 25.7 Å². The van der Waals surface area contributed by atoms with E-state index in [9.17, 15) is 17.6 Å². The van der Waals surface area contributed by atoms with Crippen LogP contribution in [0.3, 0.4) is 0 Å². The van der Waals surface area contributed by atoms with Gasteiger partial charge in [-0.3, -0.25) is 4.79 Å². The largest absolute Gasteiger partial charge is 0.375 e. The number of sulfonamides is 1. The summed E-state index contributed by atoms with van der Waals surface area (Å²) < 4.78 is 47.8. The van der Waals surface area contributed by atoms with Crippen molar-refractivity contribution < 1.29 is 22.3 Å². The van der Waals surface area contributed by atoms with Crippen LogP contribution in [-0.2, 0) is 19.6 Å². The van der Waals surface area contributed by atoms with Crippen LogP contribution in [0.5, 0.6) is 0 Å². The number of morpholine rings is 1. The number of nitrogens with zero attached hydrogens (tertiary/aromatic N) is 1. The second-order valence-corrected chi connectivity index (χ2v) is 12.8. The number of carbonyl (C=O) groups excluding carboxylic acids is 1. The third-order valence-corrected chi connectivity index (χ3v) is 10.9. The van der Waals surface area contributed by atoms with E-state index >= 15 is 0 Å². The van der Waals surface area contributed by atoms with Gasteiger partial charge in [-0.25, -0.2) is 12.8 Å². The van der Waals surface area contributed by atoms with Crippen LogP contribution in [0.4, 0.5) is 4.39 Å². The maximum absolute atomic E-state index is 13.5. The van der Waals surface area contributed by atoms with E-state index in [4.69, 9.17) is 27.9 Å². The van der Waals surface area contributed by atoms with Gasteiger partial charge in [0.1, 0.15) is 6.17 Å². The number of alkyl halides is 3. The third-order valence-electron chi connectivity index (χ3n) is 7.51. The molecule has 3 saturated carbocycles. The Hall–Kier alpha value is -0.150. The van der Waals surface area contributed by atoms with Crippen LogP contribution in [0, 0.1) is 5.92 Å². The summed E-state index contributed by atoms with van der Waals surface area (Å²) in [5.74, 6) is -0.552. The molecule has 0 aromatic carbocycles. The Morgan fingerprint density at radius 3 is 2.35 bits per heavy atom. The van der Waals surface area contributed by atoms with E-state index in [1.54, 1.807) is 4.31 Å². The van der Waals surface area contributed by atoms with Crippen molar-refractivity contribution in [2.45, 2.75) is 105 Å². The van der Waals surface area contributed by atoms with Gasteiger partial charge in [-0.15, -0.1) is 23.2 Å². The average molecular weight is 499 g/mol. The van der Waals surface area contributed by atoms with Crippen LogP contribution in [0.15, 0.2) is 0 Å². The van der Waals surface area contributed by atoms with Crippen molar-refractivity contribution in [2.75, 3.05) is 13.2 Å². The minimum atomic E-state index is -3.54. The van der Waals surface area contributed by atoms with E-state index in [1.165, 1.54) is 0 Å². The highest BCUT2D eigenvalue weighted by Crippen LogP contribution is 2.36. The van der Waals surface area contributed by atoms with E-state index in [-0.39, 0.29) is 34.8 Å².